The minimum Gasteiger partial charge on any atom is -0.507 e. The van der Waals surface area contributed by atoms with E-state index in [1.165, 1.54) is 16.2 Å². The molecule has 0 saturated carbocycles. The molecule has 1 amide bonds. The highest BCUT2D eigenvalue weighted by molar-refractivity contribution is 7.22. The zero-order chi connectivity index (χ0) is 24.9. The van der Waals surface area contributed by atoms with Crippen molar-refractivity contribution in [2.45, 2.75) is 26.8 Å². The molecule has 1 saturated heterocycles. The number of aliphatic hydroxyl groups is 1. The van der Waals surface area contributed by atoms with Gasteiger partial charge in [-0.25, -0.2) is 4.98 Å². The highest BCUT2D eigenvalue weighted by Gasteiger charge is 2.48. The van der Waals surface area contributed by atoms with Gasteiger partial charge in [-0.2, -0.15) is 0 Å². The number of amides is 1. The monoisotopic (exact) mass is 484 g/mol. The smallest absolute Gasteiger partial charge is 0.301 e. The number of carbonyl (C=O) groups is 2. The molecular formula is C28H24N2O4S. The Bertz CT molecular complexity index is 1540. The standard InChI is InChI=1S/C28H24N2O4S/c1-15-6-5-7-18(12-15)24-23(25(31)19-9-8-16(2)17(3)13-19)26(32)27(33)30(24)28-29-21-11-10-20(34-4)14-22(21)35-28/h5-14,24,31H,1-4H3/b25-23+. The second-order valence-electron chi connectivity index (χ2n) is 8.71. The summed E-state index contributed by atoms with van der Waals surface area (Å²) < 4.78 is 6.15. The number of Topliss-reactive ketones (excluding diaryl/α,β-unsaturated/α-hetero) is 1. The van der Waals surface area contributed by atoms with Gasteiger partial charge in [0.1, 0.15) is 11.5 Å². The zero-order valence-corrected chi connectivity index (χ0v) is 20.6. The molecule has 176 valence electrons. The zero-order valence-electron chi connectivity index (χ0n) is 19.8. The third kappa shape index (κ3) is 3.88. The van der Waals surface area contributed by atoms with Crippen LogP contribution >= 0.6 is 11.3 Å². The molecule has 6 nitrogen and oxygen atoms in total. The molecule has 5 rings (SSSR count). The molecule has 0 spiro atoms. The predicted octanol–water partition coefficient (Wildman–Crippen LogP) is 5.86. The molecule has 1 aliphatic heterocycles. The molecule has 1 unspecified atom stereocenters. The molecule has 0 bridgehead atoms. The summed E-state index contributed by atoms with van der Waals surface area (Å²) in [6.45, 7) is 5.87. The van der Waals surface area contributed by atoms with Crippen LogP contribution in [-0.4, -0.2) is 28.9 Å². The summed E-state index contributed by atoms with van der Waals surface area (Å²) in [6.07, 6.45) is 0. The largest absolute Gasteiger partial charge is 0.507 e. The Balaban J connectivity index is 1.73. The summed E-state index contributed by atoms with van der Waals surface area (Å²) in [6, 6.07) is 17.8. The van der Waals surface area contributed by atoms with Gasteiger partial charge in [0.05, 0.1) is 28.9 Å². The summed E-state index contributed by atoms with van der Waals surface area (Å²) >= 11 is 1.30. The number of hydrogen-bond acceptors (Lipinski definition) is 6. The van der Waals surface area contributed by atoms with Crippen LogP contribution in [0, 0.1) is 20.8 Å². The van der Waals surface area contributed by atoms with E-state index in [1.807, 2.05) is 69.3 Å². The first-order valence-corrected chi connectivity index (χ1v) is 12.0. The first kappa shape index (κ1) is 22.8. The number of anilines is 1. The molecule has 35 heavy (non-hydrogen) atoms. The Labute approximate surface area is 207 Å². The molecule has 1 atom stereocenters. The van der Waals surface area contributed by atoms with E-state index in [2.05, 4.69) is 4.98 Å². The Hall–Kier alpha value is -3.97. The van der Waals surface area contributed by atoms with Crippen LogP contribution in [0.4, 0.5) is 5.13 Å². The summed E-state index contributed by atoms with van der Waals surface area (Å²) in [7, 11) is 1.59. The van der Waals surface area contributed by atoms with Gasteiger partial charge < -0.3 is 9.84 Å². The van der Waals surface area contributed by atoms with E-state index in [-0.39, 0.29) is 11.3 Å². The third-order valence-electron chi connectivity index (χ3n) is 6.37. The second-order valence-corrected chi connectivity index (χ2v) is 9.72. The second kappa shape index (κ2) is 8.67. The molecule has 7 heteroatoms. The number of thiazole rings is 1. The highest BCUT2D eigenvalue weighted by Crippen LogP contribution is 2.44. The Morgan fingerprint density at radius 1 is 1.00 bits per heavy atom. The number of fused-ring (bicyclic) bond motifs is 1. The van der Waals surface area contributed by atoms with E-state index in [1.54, 1.807) is 19.2 Å². The third-order valence-corrected chi connectivity index (χ3v) is 7.39. The van der Waals surface area contributed by atoms with Crippen LogP contribution in [0.15, 0.2) is 66.2 Å². The number of aromatic nitrogens is 1. The lowest BCUT2D eigenvalue weighted by Crippen LogP contribution is -2.29. The van der Waals surface area contributed by atoms with Crippen molar-refractivity contribution in [1.82, 2.24) is 4.98 Å². The normalized spacial score (nSPS) is 17.4. The first-order chi connectivity index (χ1) is 16.8. The number of benzene rings is 3. The predicted molar refractivity (Wildman–Crippen MR) is 138 cm³/mol. The molecule has 2 heterocycles. The van der Waals surface area contributed by atoms with Crippen molar-refractivity contribution in [3.63, 3.8) is 0 Å². The molecule has 4 aromatic rings. The number of aliphatic hydroxyl groups excluding tert-OH is 1. The maximum Gasteiger partial charge on any atom is 0.301 e. The minimum atomic E-state index is -0.807. The molecule has 1 aliphatic rings. The average molecular weight is 485 g/mol. The molecule has 1 aromatic heterocycles. The maximum atomic E-state index is 13.4. The number of aryl methyl sites for hydroxylation is 3. The summed E-state index contributed by atoms with van der Waals surface area (Å²) in [5, 5.41) is 11.7. The van der Waals surface area contributed by atoms with Gasteiger partial charge in [0.15, 0.2) is 5.13 Å². The SMILES string of the molecule is COc1ccc2nc(N3C(=O)C(=O)/C(=C(/O)c4ccc(C)c(C)c4)C3c3cccc(C)c3)sc2c1. The lowest BCUT2D eigenvalue weighted by Gasteiger charge is -2.23. The fraction of sp³-hybridized carbons (Fsp3) is 0.179. The van der Waals surface area contributed by atoms with Crippen molar-refractivity contribution in [3.8, 4) is 5.75 Å². The quantitative estimate of drug-likeness (QED) is 0.223. The van der Waals surface area contributed by atoms with Gasteiger partial charge in [0.2, 0.25) is 0 Å². The van der Waals surface area contributed by atoms with Crippen LogP contribution in [-0.2, 0) is 9.59 Å². The van der Waals surface area contributed by atoms with Crippen molar-refractivity contribution >= 4 is 44.1 Å². The van der Waals surface area contributed by atoms with Gasteiger partial charge in [0.25, 0.3) is 5.78 Å². The summed E-state index contributed by atoms with van der Waals surface area (Å²) in [4.78, 5) is 32.9. The molecule has 0 radical (unpaired) electrons. The van der Waals surface area contributed by atoms with Crippen molar-refractivity contribution < 1.29 is 19.4 Å². The maximum absolute atomic E-state index is 13.4. The van der Waals surface area contributed by atoms with Crippen LogP contribution in [0.3, 0.4) is 0 Å². The number of ketones is 1. The number of rotatable bonds is 4. The van der Waals surface area contributed by atoms with Crippen molar-refractivity contribution in [2.24, 2.45) is 0 Å². The molecule has 0 aliphatic carbocycles. The van der Waals surface area contributed by atoms with E-state index >= 15 is 0 Å². The Morgan fingerprint density at radius 3 is 2.51 bits per heavy atom. The lowest BCUT2D eigenvalue weighted by atomic mass is 9.93. The number of carbonyl (C=O) groups excluding carboxylic acids is 2. The van der Waals surface area contributed by atoms with Gasteiger partial charge >= 0.3 is 5.91 Å². The molecule has 1 fully saturated rings. The van der Waals surface area contributed by atoms with Crippen LogP contribution in [0.1, 0.15) is 33.9 Å². The van der Waals surface area contributed by atoms with E-state index in [9.17, 15) is 14.7 Å². The first-order valence-electron chi connectivity index (χ1n) is 11.2. The molecule has 3 aromatic carbocycles. The van der Waals surface area contributed by atoms with Crippen molar-refractivity contribution in [2.75, 3.05) is 12.0 Å². The highest BCUT2D eigenvalue weighted by atomic mass is 32.1. The van der Waals surface area contributed by atoms with Gasteiger partial charge in [-0.1, -0.05) is 53.3 Å². The van der Waals surface area contributed by atoms with Crippen LogP contribution in [0.5, 0.6) is 5.75 Å². The summed E-state index contributed by atoms with van der Waals surface area (Å²) in [5.74, 6) is -0.958. The fourth-order valence-electron chi connectivity index (χ4n) is 4.35. The van der Waals surface area contributed by atoms with Gasteiger partial charge in [-0.15, -0.1) is 0 Å². The van der Waals surface area contributed by atoms with Crippen molar-refractivity contribution in [3.05, 3.63) is 94.1 Å². The van der Waals surface area contributed by atoms with Crippen LogP contribution < -0.4 is 9.64 Å². The van der Waals surface area contributed by atoms with Gasteiger partial charge in [0, 0.05) is 5.56 Å². The number of nitrogens with zero attached hydrogens (tertiary/aromatic N) is 2. The van der Waals surface area contributed by atoms with Crippen LogP contribution in [0.25, 0.3) is 16.0 Å². The van der Waals surface area contributed by atoms with Gasteiger partial charge in [-0.05, 0) is 61.7 Å². The van der Waals surface area contributed by atoms with Crippen molar-refractivity contribution in [1.29, 1.82) is 0 Å². The van der Waals surface area contributed by atoms with E-state index < -0.39 is 17.7 Å². The fourth-order valence-corrected chi connectivity index (χ4v) is 5.37. The van der Waals surface area contributed by atoms with E-state index in [0.29, 0.717) is 22.0 Å². The molecule has 1 N–H and O–H groups in total. The lowest BCUT2D eigenvalue weighted by molar-refractivity contribution is -0.132. The van der Waals surface area contributed by atoms with E-state index in [4.69, 9.17) is 4.74 Å². The number of hydrogen-bond donors (Lipinski definition) is 1. The van der Waals surface area contributed by atoms with Gasteiger partial charge in [-0.3, -0.25) is 14.5 Å². The topological polar surface area (TPSA) is 79.7 Å². The minimum absolute atomic E-state index is 0.0562. The number of methoxy groups -OCH3 is 1. The van der Waals surface area contributed by atoms with E-state index in [0.717, 1.165) is 27.0 Å². The number of ether oxygens (including phenoxy) is 1. The summed E-state index contributed by atoms with van der Waals surface area (Å²) in [5.41, 5.74) is 5.01. The Kier molecular flexibility index (Phi) is 5.65. The average Bonchev–Trinajstić information content (AvgIpc) is 3.38. The van der Waals surface area contributed by atoms with Crippen LogP contribution in [0.2, 0.25) is 0 Å². The molecular weight excluding hydrogens is 460 g/mol. The Morgan fingerprint density at radius 2 is 1.80 bits per heavy atom.